The molecule has 3 nitrogen and oxygen atoms in total. The highest BCUT2D eigenvalue weighted by Gasteiger charge is 2.10. The zero-order valence-corrected chi connectivity index (χ0v) is 9.60. The van der Waals surface area contributed by atoms with Gasteiger partial charge in [-0.2, -0.15) is 0 Å². The minimum absolute atomic E-state index is 0.608. The minimum Gasteiger partial charge on any atom is -0.359 e. The molecule has 0 spiro atoms. The number of carbonyl (C=O) groups is 1. The maximum atomic E-state index is 10.8. The summed E-state index contributed by atoms with van der Waals surface area (Å²) in [6.45, 7) is 5.28. The summed E-state index contributed by atoms with van der Waals surface area (Å²) in [5.41, 5.74) is 0.656. The van der Waals surface area contributed by atoms with Gasteiger partial charge in [-0.05, 0) is 18.1 Å². The van der Waals surface area contributed by atoms with E-state index in [1.807, 2.05) is 11.9 Å². The summed E-state index contributed by atoms with van der Waals surface area (Å²) in [6, 6.07) is 3.58. The predicted molar refractivity (Wildman–Crippen MR) is 62.3 cm³/mol. The van der Waals surface area contributed by atoms with Gasteiger partial charge in [-0.3, -0.25) is 4.79 Å². The molecule has 0 aliphatic rings. The lowest BCUT2D eigenvalue weighted by atomic mass is 10.1. The van der Waals surface area contributed by atoms with E-state index in [9.17, 15) is 4.79 Å². The van der Waals surface area contributed by atoms with E-state index in [1.165, 1.54) is 0 Å². The second kappa shape index (κ2) is 5.49. The zero-order chi connectivity index (χ0) is 11.3. The summed E-state index contributed by atoms with van der Waals surface area (Å²) >= 11 is 0. The molecule has 0 N–H and O–H groups in total. The van der Waals surface area contributed by atoms with E-state index in [1.54, 1.807) is 18.3 Å². The molecule has 0 fully saturated rings. The van der Waals surface area contributed by atoms with Crippen molar-refractivity contribution in [1.82, 2.24) is 4.98 Å². The molecule has 0 radical (unpaired) electrons. The van der Waals surface area contributed by atoms with Crippen LogP contribution in [-0.4, -0.2) is 24.9 Å². The molecule has 15 heavy (non-hydrogen) atoms. The lowest BCUT2D eigenvalue weighted by Gasteiger charge is -2.22. The van der Waals surface area contributed by atoms with Crippen molar-refractivity contribution in [3.05, 3.63) is 23.9 Å². The quantitative estimate of drug-likeness (QED) is 0.693. The Bertz CT molecular complexity index is 325. The monoisotopic (exact) mass is 206 g/mol. The maximum absolute atomic E-state index is 10.8. The Morgan fingerprint density at radius 1 is 1.60 bits per heavy atom. The summed E-state index contributed by atoms with van der Waals surface area (Å²) in [4.78, 5) is 17.1. The van der Waals surface area contributed by atoms with Gasteiger partial charge < -0.3 is 4.90 Å². The predicted octanol–water partition coefficient (Wildman–Crippen LogP) is 2.38. The lowest BCUT2D eigenvalue weighted by molar-refractivity contribution is 0.112. The Hall–Kier alpha value is -1.38. The molecule has 0 amide bonds. The molecule has 0 saturated heterocycles. The van der Waals surface area contributed by atoms with Crippen LogP contribution in [0, 0.1) is 5.92 Å². The Balaban J connectivity index is 2.80. The van der Waals surface area contributed by atoms with E-state index >= 15 is 0 Å². The van der Waals surface area contributed by atoms with E-state index in [-0.39, 0.29) is 0 Å². The second-order valence-corrected chi connectivity index (χ2v) is 3.93. The molecular formula is C12H18N2O. The normalized spacial score (nSPS) is 12.2. The number of carbonyl (C=O) groups excluding carboxylic acids is 1. The highest BCUT2D eigenvalue weighted by Crippen LogP contribution is 2.15. The minimum atomic E-state index is 0.608. The average molecular weight is 206 g/mol. The van der Waals surface area contributed by atoms with Crippen molar-refractivity contribution in [3.63, 3.8) is 0 Å². The average Bonchev–Trinajstić information content (AvgIpc) is 2.28. The molecular weight excluding hydrogens is 188 g/mol. The molecule has 1 unspecified atom stereocenters. The van der Waals surface area contributed by atoms with Crippen LogP contribution in [0.4, 0.5) is 5.82 Å². The lowest BCUT2D eigenvalue weighted by Crippen LogP contribution is -2.25. The molecule has 3 heteroatoms. The third kappa shape index (κ3) is 3.05. The fraction of sp³-hybridized carbons (Fsp3) is 0.500. The van der Waals surface area contributed by atoms with Gasteiger partial charge in [-0.25, -0.2) is 4.98 Å². The van der Waals surface area contributed by atoms with Crippen LogP contribution in [0.1, 0.15) is 30.6 Å². The van der Waals surface area contributed by atoms with Gasteiger partial charge in [-0.15, -0.1) is 0 Å². The second-order valence-electron chi connectivity index (χ2n) is 3.93. The first kappa shape index (κ1) is 11.7. The van der Waals surface area contributed by atoms with Crippen molar-refractivity contribution in [2.75, 3.05) is 18.5 Å². The smallest absolute Gasteiger partial charge is 0.153 e. The summed E-state index contributed by atoms with van der Waals surface area (Å²) in [5.74, 6) is 1.38. The fourth-order valence-electron chi connectivity index (χ4n) is 1.50. The number of aromatic nitrogens is 1. The summed E-state index contributed by atoms with van der Waals surface area (Å²) < 4.78 is 0. The summed E-state index contributed by atoms with van der Waals surface area (Å²) in [6.07, 6.45) is 3.71. The topological polar surface area (TPSA) is 33.2 Å². The number of anilines is 1. The highest BCUT2D eigenvalue weighted by atomic mass is 16.1. The Kier molecular flexibility index (Phi) is 4.28. The van der Waals surface area contributed by atoms with Crippen molar-refractivity contribution in [1.29, 1.82) is 0 Å². The molecule has 0 aromatic carbocycles. The standard InChI is InChI=1S/C12H18N2O/c1-4-10(2)8-14(3)12-11(9-15)6-5-7-13-12/h5-7,9-10H,4,8H2,1-3H3. The van der Waals surface area contributed by atoms with Gasteiger partial charge in [0.1, 0.15) is 5.82 Å². The number of nitrogens with zero attached hydrogens (tertiary/aromatic N) is 2. The first-order chi connectivity index (χ1) is 7.19. The fourth-order valence-corrected chi connectivity index (χ4v) is 1.50. The Morgan fingerprint density at radius 2 is 2.33 bits per heavy atom. The molecule has 1 aromatic heterocycles. The molecule has 0 aliphatic heterocycles. The van der Waals surface area contributed by atoms with Crippen molar-refractivity contribution in [3.8, 4) is 0 Å². The van der Waals surface area contributed by atoms with E-state index in [2.05, 4.69) is 18.8 Å². The van der Waals surface area contributed by atoms with Gasteiger partial charge in [-0.1, -0.05) is 20.3 Å². The van der Waals surface area contributed by atoms with Crippen LogP contribution < -0.4 is 4.90 Å². The summed E-state index contributed by atoms with van der Waals surface area (Å²) in [7, 11) is 1.97. The van der Waals surface area contributed by atoms with Crippen LogP contribution in [-0.2, 0) is 0 Å². The van der Waals surface area contributed by atoms with Gasteiger partial charge in [0.05, 0.1) is 5.56 Å². The van der Waals surface area contributed by atoms with Gasteiger partial charge in [0.2, 0.25) is 0 Å². The maximum Gasteiger partial charge on any atom is 0.153 e. The number of hydrogen-bond acceptors (Lipinski definition) is 3. The summed E-state index contributed by atoms with van der Waals surface area (Å²) in [5, 5.41) is 0. The largest absolute Gasteiger partial charge is 0.359 e. The Morgan fingerprint density at radius 3 is 2.93 bits per heavy atom. The van der Waals surface area contributed by atoms with Crippen LogP contribution in [0.5, 0.6) is 0 Å². The van der Waals surface area contributed by atoms with E-state index in [0.29, 0.717) is 11.5 Å². The third-order valence-corrected chi connectivity index (χ3v) is 2.59. The molecule has 0 saturated carbocycles. The molecule has 0 bridgehead atoms. The highest BCUT2D eigenvalue weighted by molar-refractivity contribution is 5.82. The van der Waals surface area contributed by atoms with Gasteiger partial charge in [0.15, 0.2) is 6.29 Å². The van der Waals surface area contributed by atoms with Crippen molar-refractivity contribution in [2.24, 2.45) is 5.92 Å². The number of hydrogen-bond donors (Lipinski definition) is 0. The van der Waals surface area contributed by atoms with Crippen LogP contribution in [0.3, 0.4) is 0 Å². The van der Waals surface area contributed by atoms with E-state index in [4.69, 9.17) is 0 Å². The van der Waals surface area contributed by atoms with Crippen molar-refractivity contribution >= 4 is 12.1 Å². The molecule has 1 rings (SSSR count). The van der Waals surface area contributed by atoms with Gasteiger partial charge >= 0.3 is 0 Å². The molecule has 82 valence electrons. The molecule has 1 atom stereocenters. The van der Waals surface area contributed by atoms with Crippen LogP contribution in [0.15, 0.2) is 18.3 Å². The van der Waals surface area contributed by atoms with Crippen LogP contribution in [0.25, 0.3) is 0 Å². The third-order valence-electron chi connectivity index (χ3n) is 2.59. The van der Waals surface area contributed by atoms with Crippen LogP contribution in [0.2, 0.25) is 0 Å². The van der Waals surface area contributed by atoms with Crippen LogP contribution >= 0.6 is 0 Å². The van der Waals surface area contributed by atoms with Gasteiger partial charge in [0.25, 0.3) is 0 Å². The van der Waals surface area contributed by atoms with E-state index < -0.39 is 0 Å². The Labute approximate surface area is 91.1 Å². The number of aldehydes is 1. The van der Waals surface area contributed by atoms with Crippen molar-refractivity contribution < 1.29 is 4.79 Å². The number of rotatable bonds is 5. The zero-order valence-electron chi connectivity index (χ0n) is 9.60. The van der Waals surface area contributed by atoms with Crippen molar-refractivity contribution in [2.45, 2.75) is 20.3 Å². The van der Waals surface area contributed by atoms with E-state index in [0.717, 1.165) is 25.1 Å². The van der Waals surface area contributed by atoms with Gasteiger partial charge in [0, 0.05) is 19.8 Å². The SMILES string of the molecule is CCC(C)CN(C)c1ncccc1C=O. The first-order valence-corrected chi connectivity index (χ1v) is 5.30. The first-order valence-electron chi connectivity index (χ1n) is 5.30. The molecule has 1 aromatic rings. The molecule has 1 heterocycles. The molecule has 0 aliphatic carbocycles. The number of pyridine rings is 1.